The highest BCUT2D eigenvalue weighted by atomic mass is 35.5. The van der Waals surface area contributed by atoms with Crippen molar-refractivity contribution in [2.45, 2.75) is 13.5 Å². The highest BCUT2D eigenvalue weighted by Gasteiger charge is 2.15. The molecule has 6 heteroatoms. The minimum atomic E-state index is -0.146. The summed E-state index contributed by atoms with van der Waals surface area (Å²) in [6, 6.07) is 16.9. The largest absolute Gasteiger partial charge is 0.337 e. The van der Waals surface area contributed by atoms with Gasteiger partial charge < -0.3 is 9.42 Å². The van der Waals surface area contributed by atoms with Gasteiger partial charge in [-0.05, 0) is 24.6 Å². The molecule has 26 heavy (non-hydrogen) atoms. The van der Waals surface area contributed by atoms with Crippen LogP contribution in [0.1, 0.15) is 18.4 Å². The third-order valence-corrected chi connectivity index (χ3v) is 4.17. The summed E-state index contributed by atoms with van der Waals surface area (Å²) >= 11 is 6.10. The van der Waals surface area contributed by atoms with E-state index in [-0.39, 0.29) is 12.5 Å². The van der Waals surface area contributed by atoms with Crippen LogP contribution in [0.5, 0.6) is 0 Å². The lowest BCUT2D eigenvalue weighted by Gasteiger charge is -2.16. The first-order valence-electron chi connectivity index (χ1n) is 8.27. The second-order valence-corrected chi connectivity index (χ2v) is 5.99. The standard InChI is InChI=1S/C20H18ClN3O2/c1-2-24(19(25)13-12-15-8-6-7-11-17(15)21)14-18-22-20(23-26-18)16-9-4-3-5-10-16/h3-13H,2,14H2,1H3/b13-12+. The minimum absolute atomic E-state index is 0.146. The number of benzene rings is 2. The van der Waals surface area contributed by atoms with Crippen LogP contribution in [-0.2, 0) is 11.3 Å². The van der Waals surface area contributed by atoms with E-state index in [9.17, 15) is 4.79 Å². The first kappa shape index (κ1) is 17.9. The Morgan fingerprint density at radius 2 is 1.88 bits per heavy atom. The normalized spacial score (nSPS) is 11.0. The summed E-state index contributed by atoms with van der Waals surface area (Å²) in [5.41, 5.74) is 1.67. The van der Waals surface area contributed by atoms with Crippen LogP contribution < -0.4 is 0 Å². The molecule has 3 rings (SSSR count). The zero-order valence-electron chi connectivity index (χ0n) is 14.3. The van der Waals surface area contributed by atoms with Gasteiger partial charge in [0, 0.05) is 23.2 Å². The smallest absolute Gasteiger partial charge is 0.247 e. The molecule has 0 radical (unpaired) electrons. The van der Waals surface area contributed by atoms with Crippen molar-refractivity contribution in [3.05, 3.63) is 77.2 Å². The van der Waals surface area contributed by atoms with Crippen molar-refractivity contribution < 1.29 is 9.32 Å². The Kier molecular flexibility index (Phi) is 5.81. The molecule has 1 heterocycles. The van der Waals surface area contributed by atoms with Crippen LogP contribution in [0.2, 0.25) is 5.02 Å². The van der Waals surface area contributed by atoms with Crippen molar-refractivity contribution in [1.29, 1.82) is 0 Å². The van der Waals surface area contributed by atoms with Gasteiger partial charge in [-0.2, -0.15) is 4.98 Å². The van der Waals surface area contributed by atoms with Gasteiger partial charge in [0.2, 0.25) is 17.6 Å². The molecule has 2 aromatic carbocycles. The van der Waals surface area contributed by atoms with Gasteiger partial charge in [-0.15, -0.1) is 0 Å². The van der Waals surface area contributed by atoms with E-state index in [2.05, 4.69) is 10.1 Å². The number of hydrogen-bond donors (Lipinski definition) is 0. The molecule has 1 aromatic heterocycles. The lowest BCUT2D eigenvalue weighted by Crippen LogP contribution is -2.28. The van der Waals surface area contributed by atoms with E-state index < -0.39 is 0 Å². The topological polar surface area (TPSA) is 59.2 Å². The molecular weight excluding hydrogens is 350 g/mol. The van der Waals surface area contributed by atoms with Crippen molar-refractivity contribution in [3.8, 4) is 11.4 Å². The summed E-state index contributed by atoms with van der Waals surface area (Å²) in [6.07, 6.45) is 3.20. The van der Waals surface area contributed by atoms with Crippen molar-refractivity contribution in [1.82, 2.24) is 15.0 Å². The number of carbonyl (C=O) groups excluding carboxylic acids is 1. The number of halogens is 1. The number of hydrogen-bond acceptors (Lipinski definition) is 4. The number of aromatic nitrogens is 2. The zero-order valence-corrected chi connectivity index (χ0v) is 15.1. The molecule has 0 aliphatic carbocycles. The van der Waals surface area contributed by atoms with Gasteiger partial charge in [-0.1, -0.05) is 65.3 Å². The van der Waals surface area contributed by atoms with E-state index in [0.29, 0.717) is 23.3 Å². The van der Waals surface area contributed by atoms with Gasteiger partial charge in [-0.3, -0.25) is 4.79 Å². The SMILES string of the molecule is CCN(Cc1nc(-c2ccccc2)no1)C(=O)/C=C/c1ccccc1Cl. The molecule has 0 aliphatic rings. The van der Waals surface area contributed by atoms with E-state index in [1.165, 1.54) is 6.08 Å². The van der Waals surface area contributed by atoms with E-state index in [1.807, 2.05) is 55.5 Å². The quantitative estimate of drug-likeness (QED) is 0.604. The molecule has 0 fully saturated rings. The number of rotatable bonds is 6. The third-order valence-electron chi connectivity index (χ3n) is 3.83. The Hall–Kier alpha value is -2.92. The van der Waals surface area contributed by atoms with Crippen LogP contribution in [0.25, 0.3) is 17.5 Å². The Bertz CT molecular complexity index is 906. The van der Waals surface area contributed by atoms with Crippen LogP contribution >= 0.6 is 11.6 Å². The molecule has 0 unspecified atom stereocenters. The van der Waals surface area contributed by atoms with Crippen molar-refractivity contribution in [3.63, 3.8) is 0 Å². The van der Waals surface area contributed by atoms with Crippen LogP contribution in [-0.4, -0.2) is 27.5 Å². The van der Waals surface area contributed by atoms with Crippen molar-refractivity contribution in [2.24, 2.45) is 0 Å². The van der Waals surface area contributed by atoms with Crippen molar-refractivity contribution in [2.75, 3.05) is 6.54 Å². The molecule has 0 aliphatic heterocycles. The molecule has 0 atom stereocenters. The van der Waals surface area contributed by atoms with Gasteiger partial charge in [0.15, 0.2) is 0 Å². The second kappa shape index (κ2) is 8.45. The fourth-order valence-corrected chi connectivity index (χ4v) is 2.61. The number of amides is 1. The molecule has 5 nitrogen and oxygen atoms in total. The minimum Gasteiger partial charge on any atom is -0.337 e. The highest BCUT2D eigenvalue weighted by Crippen LogP contribution is 2.17. The predicted octanol–water partition coefficient (Wildman–Crippen LogP) is 4.45. The maximum Gasteiger partial charge on any atom is 0.247 e. The van der Waals surface area contributed by atoms with E-state index in [1.54, 1.807) is 17.0 Å². The Labute approximate surface area is 156 Å². The Morgan fingerprint density at radius 3 is 2.62 bits per heavy atom. The Morgan fingerprint density at radius 1 is 1.15 bits per heavy atom. The third kappa shape index (κ3) is 4.37. The fourth-order valence-electron chi connectivity index (χ4n) is 2.41. The lowest BCUT2D eigenvalue weighted by molar-refractivity contribution is -0.126. The summed E-state index contributed by atoms with van der Waals surface area (Å²) in [7, 11) is 0. The first-order chi connectivity index (χ1) is 12.7. The number of likely N-dealkylation sites (N-methyl/N-ethyl adjacent to an activating group) is 1. The summed E-state index contributed by atoms with van der Waals surface area (Å²) in [5.74, 6) is 0.757. The maximum absolute atomic E-state index is 12.4. The molecule has 132 valence electrons. The molecule has 0 saturated carbocycles. The fraction of sp³-hybridized carbons (Fsp3) is 0.150. The van der Waals surface area contributed by atoms with Gasteiger partial charge in [0.1, 0.15) is 6.54 Å². The molecule has 0 saturated heterocycles. The Balaban J connectivity index is 1.69. The summed E-state index contributed by atoms with van der Waals surface area (Å²) in [5, 5.41) is 4.58. The molecular formula is C20H18ClN3O2. The van der Waals surface area contributed by atoms with Crippen LogP contribution in [0.15, 0.2) is 65.2 Å². The van der Waals surface area contributed by atoms with Crippen molar-refractivity contribution >= 4 is 23.6 Å². The van der Waals surface area contributed by atoms with Crippen LogP contribution in [0.3, 0.4) is 0 Å². The van der Waals surface area contributed by atoms with Gasteiger partial charge >= 0.3 is 0 Å². The molecule has 0 bridgehead atoms. The highest BCUT2D eigenvalue weighted by molar-refractivity contribution is 6.32. The summed E-state index contributed by atoms with van der Waals surface area (Å²) < 4.78 is 5.28. The maximum atomic E-state index is 12.4. The average Bonchev–Trinajstić information content (AvgIpc) is 3.14. The molecule has 0 N–H and O–H groups in total. The molecule has 3 aromatic rings. The zero-order chi connectivity index (χ0) is 18.4. The number of carbonyl (C=O) groups is 1. The number of nitrogens with zero attached hydrogens (tertiary/aromatic N) is 3. The van der Waals surface area contributed by atoms with Crippen LogP contribution in [0, 0.1) is 0 Å². The van der Waals surface area contributed by atoms with Gasteiger partial charge in [0.05, 0.1) is 0 Å². The van der Waals surface area contributed by atoms with E-state index >= 15 is 0 Å². The first-order valence-corrected chi connectivity index (χ1v) is 8.64. The summed E-state index contributed by atoms with van der Waals surface area (Å²) in [4.78, 5) is 18.4. The van der Waals surface area contributed by atoms with Gasteiger partial charge in [0.25, 0.3) is 0 Å². The summed E-state index contributed by atoms with van der Waals surface area (Å²) in [6.45, 7) is 2.67. The van der Waals surface area contributed by atoms with E-state index in [0.717, 1.165) is 11.1 Å². The monoisotopic (exact) mass is 367 g/mol. The second-order valence-electron chi connectivity index (χ2n) is 5.59. The van der Waals surface area contributed by atoms with E-state index in [4.69, 9.17) is 16.1 Å². The molecule has 0 spiro atoms. The van der Waals surface area contributed by atoms with Gasteiger partial charge in [-0.25, -0.2) is 0 Å². The predicted molar refractivity (Wildman–Crippen MR) is 101 cm³/mol. The van der Waals surface area contributed by atoms with Crippen LogP contribution in [0.4, 0.5) is 0 Å². The molecule has 1 amide bonds. The lowest BCUT2D eigenvalue weighted by atomic mass is 10.2. The average molecular weight is 368 g/mol.